The Morgan fingerprint density at radius 1 is 1.12 bits per heavy atom. The molecule has 178 valence electrons. The number of aliphatic hydroxyl groups is 1. The van der Waals surface area contributed by atoms with E-state index < -0.39 is 0 Å². The third kappa shape index (κ3) is 4.34. The lowest BCUT2D eigenvalue weighted by molar-refractivity contribution is 0.282. The van der Waals surface area contributed by atoms with E-state index in [1.165, 1.54) is 0 Å². The van der Waals surface area contributed by atoms with Crippen LogP contribution in [0.25, 0.3) is 11.3 Å². The highest BCUT2D eigenvalue weighted by molar-refractivity contribution is 5.56. The Hall–Kier alpha value is -3.50. The molecular formula is C24H31N9O. The summed E-state index contributed by atoms with van der Waals surface area (Å²) in [5, 5.41) is 21.9. The van der Waals surface area contributed by atoms with Gasteiger partial charge in [-0.15, -0.1) is 0 Å². The second-order valence-electron chi connectivity index (χ2n) is 9.10. The molecule has 0 atom stereocenters. The molecule has 1 fully saturated rings. The van der Waals surface area contributed by atoms with Gasteiger partial charge in [0.15, 0.2) is 5.65 Å². The molecule has 0 saturated carbocycles. The lowest BCUT2D eigenvalue weighted by atomic mass is 10.1. The van der Waals surface area contributed by atoms with Crippen molar-refractivity contribution in [3.05, 3.63) is 59.5 Å². The van der Waals surface area contributed by atoms with Gasteiger partial charge in [0.05, 0.1) is 24.7 Å². The second-order valence-corrected chi connectivity index (χ2v) is 9.10. The Labute approximate surface area is 198 Å². The van der Waals surface area contributed by atoms with Crippen LogP contribution >= 0.6 is 0 Å². The summed E-state index contributed by atoms with van der Waals surface area (Å²) in [6.07, 6.45) is 7.25. The number of para-hydroxylation sites is 1. The highest BCUT2D eigenvalue weighted by Crippen LogP contribution is 2.25. The smallest absolute Gasteiger partial charge is 0.230 e. The Morgan fingerprint density at radius 2 is 1.91 bits per heavy atom. The molecule has 10 heteroatoms. The first kappa shape index (κ1) is 22.3. The summed E-state index contributed by atoms with van der Waals surface area (Å²) >= 11 is 0. The number of nitrogens with one attached hydrogen (secondary N) is 1. The van der Waals surface area contributed by atoms with Gasteiger partial charge in [0, 0.05) is 43.0 Å². The summed E-state index contributed by atoms with van der Waals surface area (Å²) < 4.78 is 3.57. The van der Waals surface area contributed by atoms with Crippen LogP contribution in [0.4, 0.5) is 11.9 Å². The highest BCUT2D eigenvalue weighted by Gasteiger charge is 2.22. The second kappa shape index (κ2) is 9.40. The molecule has 1 aromatic carbocycles. The Bertz CT molecular complexity index is 1270. The molecule has 0 spiro atoms. The molecule has 5 rings (SSSR count). The average molecular weight is 462 g/mol. The molecule has 10 nitrogen and oxygen atoms in total. The zero-order valence-electron chi connectivity index (χ0n) is 19.6. The van der Waals surface area contributed by atoms with E-state index in [9.17, 15) is 5.11 Å². The van der Waals surface area contributed by atoms with Gasteiger partial charge in [-0.05, 0) is 30.4 Å². The van der Waals surface area contributed by atoms with E-state index in [1.807, 2.05) is 30.6 Å². The van der Waals surface area contributed by atoms with Crippen molar-refractivity contribution in [3.8, 4) is 5.69 Å². The fraction of sp³-hybridized carbons (Fsp3) is 0.417. The number of rotatable bonds is 7. The summed E-state index contributed by atoms with van der Waals surface area (Å²) in [5.74, 6) is 1.65. The van der Waals surface area contributed by atoms with Crippen molar-refractivity contribution in [1.82, 2.24) is 29.4 Å². The number of benzene rings is 1. The van der Waals surface area contributed by atoms with E-state index in [-0.39, 0.29) is 12.6 Å². The van der Waals surface area contributed by atoms with E-state index >= 15 is 0 Å². The van der Waals surface area contributed by atoms with Crippen molar-refractivity contribution in [3.63, 3.8) is 0 Å². The zero-order valence-corrected chi connectivity index (χ0v) is 19.6. The maximum Gasteiger partial charge on any atom is 0.230 e. The third-order valence-corrected chi connectivity index (χ3v) is 6.32. The summed E-state index contributed by atoms with van der Waals surface area (Å²) in [4.78, 5) is 12.0. The Morgan fingerprint density at radius 3 is 2.65 bits per heavy atom. The lowest BCUT2D eigenvalue weighted by Gasteiger charge is -2.30. The molecule has 4 N–H and O–H groups in total. The summed E-state index contributed by atoms with van der Waals surface area (Å²) in [5.41, 5.74) is 10.8. The number of aromatic nitrogens is 6. The number of piperidine rings is 1. The normalized spacial score (nSPS) is 14.9. The number of anilines is 2. The van der Waals surface area contributed by atoms with Crippen LogP contribution < -0.4 is 16.0 Å². The van der Waals surface area contributed by atoms with Crippen LogP contribution in [0, 0.1) is 0 Å². The molecule has 0 unspecified atom stereocenters. The SMILES string of the molecule is CC(C)c1cnn2c(NCc3ccccc3-n3cc(CO)cn3)nc(N3CCC(N)CC3)nc12. The van der Waals surface area contributed by atoms with Gasteiger partial charge >= 0.3 is 0 Å². The fourth-order valence-corrected chi connectivity index (χ4v) is 4.28. The quantitative estimate of drug-likeness (QED) is 0.384. The first-order valence-electron chi connectivity index (χ1n) is 11.8. The fourth-order valence-electron chi connectivity index (χ4n) is 4.28. The minimum absolute atomic E-state index is 0.0407. The molecule has 4 heterocycles. The molecule has 0 bridgehead atoms. The monoisotopic (exact) mass is 461 g/mol. The van der Waals surface area contributed by atoms with Crippen LogP contribution in [-0.2, 0) is 13.2 Å². The van der Waals surface area contributed by atoms with Gasteiger partial charge in [0.25, 0.3) is 0 Å². The number of fused-ring (bicyclic) bond motifs is 1. The topological polar surface area (TPSA) is 122 Å². The predicted octanol–water partition coefficient (Wildman–Crippen LogP) is 2.47. The van der Waals surface area contributed by atoms with Gasteiger partial charge in [-0.3, -0.25) is 0 Å². The van der Waals surface area contributed by atoms with Crippen molar-refractivity contribution in [2.75, 3.05) is 23.3 Å². The van der Waals surface area contributed by atoms with E-state index in [0.29, 0.717) is 24.4 Å². The van der Waals surface area contributed by atoms with Gasteiger partial charge in [0.1, 0.15) is 0 Å². The van der Waals surface area contributed by atoms with Crippen LogP contribution in [0.3, 0.4) is 0 Å². The third-order valence-electron chi connectivity index (χ3n) is 6.32. The number of aliphatic hydroxyl groups excluding tert-OH is 1. The molecule has 1 aliphatic rings. The maximum absolute atomic E-state index is 9.41. The first-order valence-corrected chi connectivity index (χ1v) is 11.8. The lowest BCUT2D eigenvalue weighted by Crippen LogP contribution is -2.40. The molecule has 0 amide bonds. The molecule has 1 saturated heterocycles. The number of hydrogen-bond donors (Lipinski definition) is 3. The van der Waals surface area contributed by atoms with Gasteiger partial charge in [0.2, 0.25) is 11.9 Å². The number of nitrogens with zero attached hydrogens (tertiary/aromatic N) is 7. The molecule has 0 aliphatic carbocycles. The van der Waals surface area contributed by atoms with Crippen LogP contribution in [0.15, 0.2) is 42.9 Å². The number of nitrogens with two attached hydrogens (primary N) is 1. The van der Waals surface area contributed by atoms with Gasteiger partial charge < -0.3 is 21.1 Å². The van der Waals surface area contributed by atoms with Gasteiger partial charge in [-0.25, -0.2) is 4.68 Å². The molecular weight excluding hydrogens is 430 g/mol. The van der Waals surface area contributed by atoms with Crippen LogP contribution in [-0.4, -0.2) is 53.6 Å². The van der Waals surface area contributed by atoms with Crippen molar-refractivity contribution in [2.24, 2.45) is 5.73 Å². The van der Waals surface area contributed by atoms with Crippen LogP contribution in [0.1, 0.15) is 49.3 Å². The largest absolute Gasteiger partial charge is 0.392 e. The van der Waals surface area contributed by atoms with Crippen molar-refractivity contribution in [2.45, 2.75) is 51.8 Å². The van der Waals surface area contributed by atoms with E-state index in [0.717, 1.165) is 54.0 Å². The Kier molecular flexibility index (Phi) is 6.16. The van der Waals surface area contributed by atoms with Crippen LogP contribution in [0.5, 0.6) is 0 Å². The number of hydrogen-bond acceptors (Lipinski definition) is 8. The first-order chi connectivity index (χ1) is 16.5. The Balaban J connectivity index is 1.48. The van der Waals surface area contributed by atoms with Gasteiger partial charge in [-0.1, -0.05) is 32.0 Å². The summed E-state index contributed by atoms with van der Waals surface area (Å²) in [6, 6.07) is 8.28. The predicted molar refractivity (Wildman–Crippen MR) is 131 cm³/mol. The molecule has 3 aromatic heterocycles. The van der Waals surface area contributed by atoms with Gasteiger partial charge in [-0.2, -0.15) is 24.7 Å². The molecule has 4 aromatic rings. The summed E-state index contributed by atoms with van der Waals surface area (Å²) in [7, 11) is 0. The van der Waals surface area contributed by atoms with E-state index in [1.54, 1.807) is 15.4 Å². The average Bonchev–Trinajstić information content (AvgIpc) is 3.50. The van der Waals surface area contributed by atoms with E-state index in [4.69, 9.17) is 15.7 Å². The van der Waals surface area contributed by atoms with Crippen molar-refractivity contribution in [1.29, 1.82) is 0 Å². The minimum atomic E-state index is -0.0407. The van der Waals surface area contributed by atoms with Crippen LogP contribution in [0.2, 0.25) is 0 Å². The van der Waals surface area contributed by atoms with E-state index in [2.05, 4.69) is 40.3 Å². The molecule has 1 aliphatic heterocycles. The molecule has 0 radical (unpaired) electrons. The summed E-state index contributed by atoms with van der Waals surface area (Å²) in [6.45, 7) is 6.47. The zero-order chi connectivity index (χ0) is 23.7. The van der Waals surface area contributed by atoms with Crippen molar-refractivity contribution >= 4 is 17.5 Å². The highest BCUT2D eigenvalue weighted by atomic mass is 16.3. The molecule has 34 heavy (non-hydrogen) atoms. The van der Waals surface area contributed by atoms with Crippen molar-refractivity contribution < 1.29 is 5.11 Å². The maximum atomic E-state index is 9.41. The standard InChI is InChI=1S/C24H31N9O/c1-16(2)20-13-28-33-22(20)29-24(31-9-7-19(25)8-10-31)30-23(33)26-12-18-5-3-4-6-21(18)32-14-17(15-34)11-27-32/h3-6,11,13-14,16,19,34H,7-10,12,15,25H2,1-2H3,(H,26,29,30). The minimum Gasteiger partial charge on any atom is -0.392 e.